The van der Waals surface area contributed by atoms with Gasteiger partial charge in [-0.05, 0) is 80.8 Å². The first-order chi connectivity index (χ1) is 14.7. The van der Waals surface area contributed by atoms with Crippen LogP contribution in [-0.4, -0.2) is 35.4 Å². The van der Waals surface area contributed by atoms with Crippen molar-refractivity contribution in [1.29, 1.82) is 0 Å². The maximum atomic E-state index is 13.6. The molecule has 5 heteroatoms. The summed E-state index contributed by atoms with van der Waals surface area (Å²) in [5, 5.41) is 3.16. The Hall–Kier alpha value is -2.53. The fourth-order valence-electron chi connectivity index (χ4n) is 4.76. The molecule has 1 N–H and O–H groups in total. The number of rotatable bonds is 6. The van der Waals surface area contributed by atoms with E-state index in [1.807, 2.05) is 18.2 Å². The minimum atomic E-state index is -0.401. The Kier molecular flexibility index (Phi) is 6.90. The number of carbonyl (C=O) groups is 1. The first-order valence-corrected chi connectivity index (χ1v) is 11.0. The summed E-state index contributed by atoms with van der Waals surface area (Å²) >= 11 is 0. The Balaban J connectivity index is 1.49. The van der Waals surface area contributed by atoms with Crippen LogP contribution in [-0.2, 0) is 0 Å². The minimum absolute atomic E-state index is 0.184. The van der Waals surface area contributed by atoms with Gasteiger partial charge in [0.2, 0.25) is 0 Å². The number of amides is 1. The van der Waals surface area contributed by atoms with Crippen LogP contribution in [0.25, 0.3) is 0 Å². The van der Waals surface area contributed by atoms with Crippen LogP contribution in [0.1, 0.15) is 54.2 Å². The molecule has 3 atom stereocenters. The molecule has 0 spiro atoms. The van der Waals surface area contributed by atoms with Crippen molar-refractivity contribution in [3.05, 3.63) is 77.9 Å². The van der Waals surface area contributed by atoms with Crippen molar-refractivity contribution < 1.29 is 9.18 Å². The first kappa shape index (κ1) is 20.7. The molecule has 30 heavy (non-hydrogen) atoms. The summed E-state index contributed by atoms with van der Waals surface area (Å²) < 4.78 is 13.6. The summed E-state index contributed by atoms with van der Waals surface area (Å²) in [6, 6.07) is 11.5. The molecule has 1 aromatic heterocycles. The first-order valence-electron chi connectivity index (χ1n) is 11.0. The van der Waals surface area contributed by atoms with Gasteiger partial charge < -0.3 is 10.2 Å². The molecule has 1 aromatic carbocycles. The van der Waals surface area contributed by atoms with Crippen molar-refractivity contribution in [2.45, 2.75) is 38.1 Å². The van der Waals surface area contributed by atoms with Gasteiger partial charge in [-0.1, -0.05) is 24.3 Å². The van der Waals surface area contributed by atoms with E-state index in [4.69, 9.17) is 0 Å². The number of hydrogen-bond acceptors (Lipinski definition) is 3. The van der Waals surface area contributed by atoms with Crippen molar-refractivity contribution in [2.75, 3.05) is 19.6 Å². The van der Waals surface area contributed by atoms with Crippen LogP contribution in [0.4, 0.5) is 4.39 Å². The van der Waals surface area contributed by atoms with Crippen molar-refractivity contribution in [1.82, 2.24) is 15.2 Å². The number of pyridine rings is 1. The molecule has 0 bridgehead atoms. The predicted octanol–water partition coefficient (Wildman–Crippen LogP) is 4.76. The summed E-state index contributed by atoms with van der Waals surface area (Å²) in [5.41, 5.74) is 1.22. The van der Waals surface area contributed by atoms with E-state index in [2.05, 4.69) is 27.4 Å². The molecule has 1 amide bonds. The summed E-state index contributed by atoms with van der Waals surface area (Å²) in [7, 11) is 0. The van der Waals surface area contributed by atoms with Gasteiger partial charge in [0.15, 0.2) is 0 Å². The molecule has 4 rings (SSSR count). The molecule has 0 saturated carbocycles. The Morgan fingerprint density at radius 3 is 2.90 bits per heavy atom. The monoisotopic (exact) mass is 407 g/mol. The highest BCUT2D eigenvalue weighted by Gasteiger charge is 2.31. The number of nitrogens with zero attached hydrogens (tertiary/aromatic N) is 2. The molecule has 1 fully saturated rings. The van der Waals surface area contributed by atoms with Gasteiger partial charge in [-0.25, -0.2) is 4.39 Å². The molecule has 158 valence electrons. The second kappa shape index (κ2) is 9.98. The van der Waals surface area contributed by atoms with Crippen molar-refractivity contribution in [2.24, 2.45) is 11.8 Å². The third kappa shape index (κ3) is 5.33. The van der Waals surface area contributed by atoms with Crippen molar-refractivity contribution in [3.8, 4) is 0 Å². The lowest BCUT2D eigenvalue weighted by molar-refractivity contribution is 0.0863. The average molecular weight is 408 g/mol. The Morgan fingerprint density at radius 1 is 1.20 bits per heavy atom. The lowest BCUT2D eigenvalue weighted by atomic mass is 9.86. The molecule has 1 aliphatic carbocycles. The largest absolute Gasteiger partial charge is 0.343 e. The maximum absolute atomic E-state index is 13.6. The summed E-state index contributed by atoms with van der Waals surface area (Å²) in [6.07, 6.45) is 12.1. The highest BCUT2D eigenvalue weighted by molar-refractivity contribution is 5.94. The number of hydrogen-bond donors (Lipinski definition) is 1. The van der Waals surface area contributed by atoms with Crippen LogP contribution >= 0.6 is 0 Å². The minimum Gasteiger partial charge on any atom is -0.343 e. The van der Waals surface area contributed by atoms with E-state index in [1.165, 1.54) is 31.4 Å². The zero-order valence-electron chi connectivity index (χ0n) is 17.3. The van der Waals surface area contributed by atoms with Gasteiger partial charge in [0.1, 0.15) is 5.82 Å². The van der Waals surface area contributed by atoms with Gasteiger partial charge in [0.05, 0.1) is 11.7 Å². The SMILES string of the molecule is O=C(N[C@@H](c1ccccn1)[C@@H]1CCCN(C[C@H]2CC=CCC2)C1)c1cccc(F)c1. The maximum Gasteiger partial charge on any atom is 0.251 e. The molecular weight excluding hydrogens is 377 g/mol. The van der Waals surface area contributed by atoms with E-state index in [-0.39, 0.29) is 17.9 Å². The van der Waals surface area contributed by atoms with Crippen LogP contribution in [0.3, 0.4) is 0 Å². The van der Waals surface area contributed by atoms with E-state index < -0.39 is 5.82 Å². The zero-order valence-corrected chi connectivity index (χ0v) is 17.3. The molecule has 2 heterocycles. The Morgan fingerprint density at radius 2 is 2.13 bits per heavy atom. The van der Waals surface area contributed by atoms with E-state index in [9.17, 15) is 9.18 Å². The third-order valence-corrected chi connectivity index (χ3v) is 6.29. The van der Waals surface area contributed by atoms with E-state index in [0.29, 0.717) is 5.56 Å². The number of carbonyl (C=O) groups excluding carboxylic acids is 1. The average Bonchev–Trinajstić information content (AvgIpc) is 2.79. The van der Waals surface area contributed by atoms with Crippen LogP contribution in [0.15, 0.2) is 60.8 Å². The summed E-state index contributed by atoms with van der Waals surface area (Å²) in [5.74, 6) is 0.358. The third-order valence-electron chi connectivity index (χ3n) is 6.29. The zero-order chi connectivity index (χ0) is 20.8. The standard InChI is InChI=1S/C25H30FN3O/c26-22-12-6-10-20(16-22)25(30)28-24(23-13-4-5-14-27-23)21-11-7-15-29(18-21)17-19-8-2-1-3-9-19/h1-2,4-6,10,12-14,16,19,21,24H,3,7-9,11,15,17-18H2,(H,28,30)/t19-,21+,24+/m0/s1. The molecule has 0 radical (unpaired) electrons. The van der Waals surface area contributed by atoms with Crippen molar-refractivity contribution >= 4 is 5.91 Å². The molecule has 0 unspecified atom stereocenters. The van der Waals surface area contributed by atoms with E-state index >= 15 is 0 Å². The molecule has 1 aliphatic heterocycles. The fraction of sp³-hybridized carbons (Fsp3) is 0.440. The van der Waals surface area contributed by atoms with Crippen LogP contribution in [0, 0.1) is 17.7 Å². The Labute approximate surface area is 178 Å². The smallest absolute Gasteiger partial charge is 0.251 e. The predicted molar refractivity (Wildman–Crippen MR) is 116 cm³/mol. The number of nitrogens with one attached hydrogen (secondary N) is 1. The van der Waals surface area contributed by atoms with E-state index in [0.717, 1.165) is 44.1 Å². The van der Waals surface area contributed by atoms with Crippen LogP contribution in [0.5, 0.6) is 0 Å². The highest BCUT2D eigenvalue weighted by Crippen LogP contribution is 2.31. The number of allylic oxidation sites excluding steroid dienone is 2. The quantitative estimate of drug-likeness (QED) is 0.702. The normalized spacial score (nSPS) is 23.1. The second-order valence-electron chi connectivity index (χ2n) is 8.53. The lowest BCUT2D eigenvalue weighted by Crippen LogP contribution is -2.44. The van der Waals surface area contributed by atoms with Gasteiger partial charge in [0.25, 0.3) is 5.91 Å². The molecule has 2 aromatic rings. The number of benzene rings is 1. The van der Waals surface area contributed by atoms with Gasteiger partial charge in [-0.15, -0.1) is 0 Å². The number of halogens is 1. The molecule has 4 nitrogen and oxygen atoms in total. The van der Waals surface area contributed by atoms with E-state index in [1.54, 1.807) is 18.3 Å². The number of likely N-dealkylation sites (tertiary alicyclic amines) is 1. The van der Waals surface area contributed by atoms with Gasteiger partial charge in [-0.3, -0.25) is 9.78 Å². The summed E-state index contributed by atoms with van der Waals surface area (Å²) in [4.78, 5) is 20.0. The molecular formula is C25H30FN3O. The van der Waals surface area contributed by atoms with Gasteiger partial charge in [-0.2, -0.15) is 0 Å². The highest BCUT2D eigenvalue weighted by atomic mass is 19.1. The molecule has 2 aliphatic rings. The molecule has 1 saturated heterocycles. The Bertz CT molecular complexity index is 870. The van der Waals surface area contributed by atoms with Crippen LogP contribution < -0.4 is 5.32 Å². The van der Waals surface area contributed by atoms with Crippen LogP contribution in [0.2, 0.25) is 0 Å². The van der Waals surface area contributed by atoms with Gasteiger partial charge in [0, 0.05) is 24.8 Å². The summed E-state index contributed by atoms with van der Waals surface area (Å²) in [6.45, 7) is 3.18. The number of piperidine rings is 1. The number of aromatic nitrogens is 1. The van der Waals surface area contributed by atoms with Crippen molar-refractivity contribution in [3.63, 3.8) is 0 Å². The fourth-order valence-corrected chi connectivity index (χ4v) is 4.76. The second-order valence-corrected chi connectivity index (χ2v) is 8.53. The van der Waals surface area contributed by atoms with Gasteiger partial charge >= 0.3 is 0 Å². The topological polar surface area (TPSA) is 45.2 Å². The lowest BCUT2D eigenvalue weighted by Gasteiger charge is -2.38.